The lowest BCUT2D eigenvalue weighted by atomic mass is 9.86. The van der Waals surface area contributed by atoms with Crippen molar-refractivity contribution in [3.63, 3.8) is 0 Å². The molecule has 2 saturated carbocycles. The lowest BCUT2D eigenvalue weighted by Crippen LogP contribution is -2.37. The van der Waals surface area contributed by atoms with Crippen LogP contribution in [-0.4, -0.2) is 31.9 Å². The fourth-order valence-electron chi connectivity index (χ4n) is 4.06. The Morgan fingerprint density at radius 3 is 2.56 bits per heavy atom. The Balaban J connectivity index is 1.48. The largest absolute Gasteiger partial charge is 0.352 e. The van der Waals surface area contributed by atoms with Gasteiger partial charge in [-0.2, -0.15) is 0 Å². The molecule has 4 nitrogen and oxygen atoms in total. The Hall–Kier alpha value is -0.580. The predicted molar refractivity (Wildman–Crippen MR) is 68.8 cm³/mol. The van der Waals surface area contributed by atoms with Crippen LogP contribution >= 0.6 is 0 Å². The number of fused-ring (bicyclic) bond motifs is 2. The van der Waals surface area contributed by atoms with E-state index >= 15 is 0 Å². The van der Waals surface area contributed by atoms with E-state index in [4.69, 9.17) is 0 Å². The smallest absolute Gasteiger partial charge is 0.220 e. The van der Waals surface area contributed by atoms with Crippen LogP contribution in [-0.2, 0) is 14.6 Å². The topological polar surface area (TPSA) is 63.2 Å². The molecule has 102 valence electrons. The molecule has 0 aromatic carbocycles. The third-order valence-electron chi connectivity index (χ3n) is 4.93. The van der Waals surface area contributed by atoms with E-state index in [9.17, 15) is 13.2 Å². The van der Waals surface area contributed by atoms with Crippen LogP contribution < -0.4 is 5.32 Å². The van der Waals surface area contributed by atoms with Crippen molar-refractivity contribution in [2.24, 2.45) is 17.8 Å². The summed E-state index contributed by atoms with van der Waals surface area (Å²) >= 11 is 0. The summed E-state index contributed by atoms with van der Waals surface area (Å²) in [6.45, 7) is 0. The first-order valence-electron chi connectivity index (χ1n) is 7.01. The van der Waals surface area contributed by atoms with E-state index in [1.807, 2.05) is 0 Å². The Morgan fingerprint density at radius 1 is 1.17 bits per heavy atom. The Morgan fingerprint density at radius 2 is 2.00 bits per heavy atom. The van der Waals surface area contributed by atoms with E-state index in [0.29, 0.717) is 18.8 Å². The van der Waals surface area contributed by atoms with Crippen LogP contribution in [0.2, 0.25) is 0 Å². The van der Waals surface area contributed by atoms with Gasteiger partial charge in [0, 0.05) is 12.5 Å². The van der Waals surface area contributed by atoms with Crippen LogP contribution in [0.1, 0.15) is 38.5 Å². The van der Waals surface area contributed by atoms with E-state index in [-0.39, 0.29) is 23.5 Å². The highest BCUT2D eigenvalue weighted by Crippen LogP contribution is 2.49. The number of hydrogen-bond donors (Lipinski definition) is 1. The molecule has 2 bridgehead atoms. The Kier molecular flexibility index (Phi) is 3.12. The lowest BCUT2D eigenvalue weighted by molar-refractivity contribution is -0.122. The number of hydrogen-bond acceptors (Lipinski definition) is 3. The second-order valence-corrected chi connectivity index (χ2v) is 8.54. The van der Waals surface area contributed by atoms with E-state index < -0.39 is 9.84 Å². The molecule has 1 saturated heterocycles. The number of amides is 1. The SMILES string of the molecule is O=C(C[C@H]1C[C@H]2CC[C@H]1C2)N[C@@H]1CCS(=O)(=O)C1. The van der Waals surface area contributed by atoms with Crippen molar-refractivity contribution in [2.75, 3.05) is 11.5 Å². The molecule has 3 rings (SSSR count). The van der Waals surface area contributed by atoms with Gasteiger partial charge < -0.3 is 5.32 Å². The summed E-state index contributed by atoms with van der Waals surface area (Å²) < 4.78 is 22.6. The molecule has 3 aliphatic rings. The monoisotopic (exact) mass is 271 g/mol. The number of carbonyl (C=O) groups is 1. The quantitative estimate of drug-likeness (QED) is 0.836. The van der Waals surface area contributed by atoms with Gasteiger partial charge in [-0.25, -0.2) is 8.42 Å². The van der Waals surface area contributed by atoms with Crippen LogP contribution in [0.25, 0.3) is 0 Å². The molecule has 4 atom stereocenters. The van der Waals surface area contributed by atoms with Gasteiger partial charge in [-0.05, 0) is 43.4 Å². The first-order valence-corrected chi connectivity index (χ1v) is 8.84. The minimum atomic E-state index is -2.89. The molecule has 3 fully saturated rings. The number of carbonyl (C=O) groups excluding carboxylic acids is 1. The van der Waals surface area contributed by atoms with Crippen molar-refractivity contribution in [1.29, 1.82) is 0 Å². The second kappa shape index (κ2) is 4.51. The van der Waals surface area contributed by atoms with Crippen molar-refractivity contribution in [3.8, 4) is 0 Å². The maximum absolute atomic E-state index is 11.9. The van der Waals surface area contributed by atoms with Gasteiger partial charge in [0.2, 0.25) is 5.91 Å². The molecule has 0 radical (unpaired) electrons. The molecule has 1 amide bonds. The van der Waals surface area contributed by atoms with Crippen molar-refractivity contribution in [2.45, 2.75) is 44.6 Å². The zero-order chi connectivity index (χ0) is 12.8. The maximum Gasteiger partial charge on any atom is 0.220 e. The fraction of sp³-hybridized carbons (Fsp3) is 0.923. The average Bonchev–Trinajstić information content (AvgIpc) is 2.93. The van der Waals surface area contributed by atoms with Gasteiger partial charge >= 0.3 is 0 Å². The van der Waals surface area contributed by atoms with Gasteiger partial charge in [0.1, 0.15) is 0 Å². The standard InChI is InChI=1S/C13H21NO3S/c15-13(14-12-3-4-18(16,17)8-12)7-11-6-9-1-2-10(11)5-9/h9-12H,1-8H2,(H,14,15)/t9-,10-,11+,12+/m0/s1. The zero-order valence-electron chi connectivity index (χ0n) is 10.6. The minimum Gasteiger partial charge on any atom is -0.352 e. The normalized spacial score (nSPS) is 41.1. The molecule has 0 aromatic rings. The molecular weight excluding hydrogens is 250 g/mol. The number of sulfone groups is 1. The van der Waals surface area contributed by atoms with Gasteiger partial charge in [-0.1, -0.05) is 6.42 Å². The van der Waals surface area contributed by atoms with Crippen molar-refractivity contribution in [3.05, 3.63) is 0 Å². The minimum absolute atomic E-state index is 0.0645. The van der Waals surface area contributed by atoms with E-state index in [1.165, 1.54) is 25.7 Å². The van der Waals surface area contributed by atoms with E-state index in [1.54, 1.807) is 0 Å². The zero-order valence-corrected chi connectivity index (χ0v) is 11.4. The summed E-state index contributed by atoms with van der Waals surface area (Å²) in [5.74, 6) is 2.60. The summed E-state index contributed by atoms with van der Waals surface area (Å²) in [7, 11) is -2.89. The van der Waals surface area contributed by atoms with Gasteiger partial charge in [0.05, 0.1) is 11.5 Å². The highest BCUT2D eigenvalue weighted by atomic mass is 32.2. The average molecular weight is 271 g/mol. The first kappa shape index (κ1) is 12.5. The molecule has 0 unspecified atom stereocenters. The van der Waals surface area contributed by atoms with Crippen LogP contribution in [0.5, 0.6) is 0 Å². The Bertz CT molecular complexity index is 445. The van der Waals surface area contributed by atoms with Gasteiger partial charge in [0.25, 0.3) is 0 Å². The van der Waals surface area contributed by atoms with Crippen LogP contribution in [0.4, 0.5) is 0 Å². The lowest BCUT2D eigenvalue weighted by Gasteiger charge is -2.21. The van der Waals surface area contributed by atoms with Gasteiger partial charge in [-0.3, -0.25) is 4.79 Å². The van der Waals surface area contributed by atoms with Crippen molar-refractivity contribution < 1.29 is 13.2 Å². The molecular formula is C13H21NO3S. The van der Waals surface area contributed by atoms with Crippen LogP contribution in [0.15, 0.2) is 0 Å². The highest BCUT2D eigenvalue weighted by molar-refractivity contribution is 7.91. The molecule has 0 aromatic heterocycles. The third-order valence-corrected chi connectivity index (χ3v) is 6.70. The molecule has 5 heteroatoms. The molecule has 2 aliphatic carbocycles. The van der Waals surface area contributed by atoms with Gasteiger partial charge in [0.15, 0.2) is 9.84 Å². The third kappa shape index (κ3) is 2.56. The maximum atomic E-state index is 11.9. The van der Waals surface area contributed by atoms with Crippen molar-refractivity contribution >= 4 is 15.7 Å². The highest BCUT2D eigenvalue weighted by Gasteiger charge is 2.40. The molecule has 1 N–H and O–H groups in total. The number of nitrogens with one attached hydrogen (secondary N) is 1. The van der Waals surface area contributed by atoms with Crippen LogP contribution in [0.3, 0.4) is 0 Å². The first-order chi connectivity index (χ1) is 8.52. The number of rotatable bonds is 3. The summed E-state index contributed by atoms with van der Waals surface area (Å²) in [4.78, 5) is 11.9. The Labute approximate surface area is 108 Å². The molecule has 18 heavy (non-hydrogen) atoms. The van der Waals surface area contributed by atoms with E-state index in [0.717, 1.165) is 11.8 Å². The fourth-order valence-corrected chi connectivity index (χ4v) is 5.73. The van der Waals surface area contributed by atoms with Crippen LogP contribution in [0, 0.1) is 17.8 Å². The second-order valence-electron chi connectivity index (χ2n) is 6.31. The predicted octanol–water partition coefficient (Wildman–Crippen LogP) is 1.12. The van der Waals surface area contributed by atoms with E-state index in [2.05, 4.69) is 5.32 Å². The van der Waals surface area contributed by atoms with Crippen molar-refractivity contribution in [1.82, 2.24) is 5.32 Å². The summed E-state index contributed by atoms with van der Waals surface area (Å²) in [6.07, 6.45) is 6.36. The van der Waals surface area contributed by atoms with Gasteiger partial charge in [-0.15, -0.1) is 0 Å². The molecule has 0 spiro atoms. The molecule has 1 aliphatic heterocycles. The summed E-state index contributed by atoms with van der Waals surface area (Å²) in [5.41, 5.74) is 0. The summed E-state index contributed by atoms with van der Waals surface area (Å²) in [5, 5.41) is 2.90. The molecule has 1 heterocycles. The summed E-state index contributed by atoms with van der Waals surface area (Å²) in [6, 6.07) is -0.138.